The van der Waals surface area contributed by atoms with E-state index in [4.69, 9.17) is 0 Å². The molecule has 0 spiro atoms. The number of aryl methyl sites for hydroxylation is 2. The maximum Gasteiger partial charge on any atom is 0.263 e. The van der Waals surface area contributed by atoms with Gasteiger partial charge in [0, 0.05) is 46.0 Å². The topological polar surface area (TPSA) is 218 Å². The normalized spacial score (nSPS) is 12.4. The molecule has 0 aliphatic carbocycles. The Bertz CT molecular complexity index is 2450. The van der Waals surface area contributed by atoms with Crippen LogP contribution in [0.5, 0.6) is 0 Å². The first-order valence-electron chi connectivity index (χ1n) is 13.9. The van der Waals surface area contributed by atoms with Crippen molar-refractivity contribution in [2.75, 3.05) is 22.0 Å². The Morgan fingerprint density at radius 1 is 0.500 bits per heavy atom. The number of nitrogens with zero attached hydrogens (tertiary/aromatic N) is 2. The molecule has 0 aliphatic heterocycles. The number of sulfonamides is 2. The molecule has 0 saturated heterocycles. The van der Waals surface area contributed by atoms with Crippen LogP contribution in [-0.4, -0.2) is 66.6 Å². The van der Waals surface area contributed by atoms with Gasteiger partial charge in [-0.15, -0.1) is 0 Å². The number of hydrogen-bond donors (Lipinski definition) is 4. The van der Waals surface area contributed by atoms with E-state index < -0.39 is 39.7 Å². The van der Waals surface area contributed by atoms with Crippen LogP contribution in [0.25, 0.3) is 21.8 Å². The van der Waals surface area contributed by atoms with Crippen molar-refractivity contribution in [2.45, 2.75) is 33.4 Å². The van der Waals surface area contributed by atoms with E-state index in [0.29, 0.717) is 22.4 Å². The van der Waals surface area contributed by atoms with E-state index >= 15 is 0 Å². The Morgan fingerprint density at radius 2 is 0.833 bits per heavy atom. The van der Waals surface area contributed by atoms with Gasteiger partial charge in [-0.25, -0.2) is 33.7 Å². The third-order valence-electron chi connectivity index (χ3n) is 7.07. The van der Waals surface area contributed by atoms with Gasteiger partial charge in [-0.3, -0.25) is 19.6 Å². The molecule has 0 aliphatic rings. The van der Waals surface area contributed by atoms with Crippen LogP contribution >= 0.6 is 0 Å². The lowest BCUT2D eigenvalue weighted by molar-refractivity contribution is 0.588. The molecule has 18 heteroatoms. The van der Waals surface area contributed by atoms with Gasteiger partial charge >= 0.3 is 0 Å². The first kappa shape index (κ1) is 34.6. The van der Waals surface area contributed by atoms with Crippen molar-refractivity contribution in [3.05, 3.63) is 96.3 Å². The second-order valence-corrected chi connectivity index (χ2v) is 18.1. The quantitative estimate of drug-likeness (QED) is 0.175. The Labute approximate surface area is 277 Å². The summed E-state index contributed by atoms with van der Waals surface area (Å²) in [5.74, 6) is 0. The van der Waals surface area contributed by atoms with Crippen LogP contribution in [-0.2, 0) is 39.7 Å². The molecule has 0 atom stereocenters. The molecule has 0 radical (unpaired) electrons. The number of benzene rings is 4. The second-order valence-electron chi connectivity index (χ2n) is 10.8. The summed E-state index contributed by atoms with van der Waals surface area (Å²) in [7, 11) is -15.5. The molecule has 252 valence electrons. The van der Waals surface area contributed by atoms with Crippen molar-refractivity contribution < 1.29 is 33.7 Å². The highest BCUT2D eigenvalue weighted by molar-refractivity contribution is 7.95. The third-order valence-corrected chi connectivity index (χ3v) is 12.5. The van der Waals surface area contributed by atoms with Crippen molar-refractivity contribution in [3.8, 4) is 0 Å². The number of fused-ring (bicyclic) bond motifs is 2. The minimum atomic E-state index is -4.05. The van der Waals surface area contributed by atoms with E-state index in [0.717, 1.165) is 34.7 Å². The van der Waals surface area contributed by atoms with Crippen molar-refractivity contribution in [1.29, 1.82) is 0 Å². The lowest BCUT2D eigenvalue weighted by Crippen LogP contribution is -2.16. The summed E-state index contributed by atoms with van der Waals surface area (Å²) >= 11 is 0. The van der Waals surface area contributed by atoms with Gasteiger partial charge in [-0.2, -0.15) is 10.2 Å². The van der Waals surface area contributed by atoms with Gasteiger partial charge in [0.25, 0.3) is 20.0 Å². The van der Waals surface area contributed by atoms with E-state index in [-0.39, 0.29) is 19.6 Å². The van der Waals surface area contributed by atoms with E-state index in [9.17, 15) is 33.7 Å². The summed E-state index contributed by atoms with van der Waals surface area (Å²) < 4.78 is 103. The number of hydrogen-bond acceptors (Lipinski definition) is 10. The minimum Gasteiger partial charge on any atom is -0.282 e. The number of H-pyrrole nitrogens is 2. The highest BCUT2D eigenvalue weighted by Gasteiger charge is 2.25. The van der Waals surface area contributed by atoms with Gasteiger partial charge in [0.15, 0.2) is 19.7 Å². The van der Waals surface area contributed by atoms with Crippen LogP contribution in [0.3, 0.4) is 0 Å². The zero-order chi connectivity index (χ0) is 35.1. The lowest BCUT2D eigenvalue weighted by atomic mass is 10.2. The Hall–Kier alpha value is -4.78. The molecule has 2 aromatic heterocycles. The number of sulfone groups is 2. The SMILES string of the molecule is Cc1[nH]nc2ccc(NS(=O)(=O)c3ccccc3S(C)(=O)=O)cc12.Cc1[nH]nc2ccc(NS(=O)(=O)c3ccccc3S(C)(=O)=O)cc12. The first-order chi connectivity index (χ1) is 22.4. The van der Waals surface area contributed by atoms with Crippen molar-refractivity contribution in [1.82, 2.24) is 20.4 Å². The lowest BCUT2D eigenvalue weighted by Gasteiger charge is -2.11. The predicted octanol–water partition coefficient (Wildman–Crippen LogP) is 4.15. The molecule has 4 aromatic carbocycles. The van der Waals surface area contributed by atoms with Gasteiger partial charge in [0.1, 0.15) is 9.79 Å². The van der Waals surface area contributed by atoms with Gasteiger partial charge in [-0.05, 0) is 74.5 Å². The highest BCUT2D eigenvalue weighted by Crippen LogP contribution is 2.27. The average Bonchev–Trinajstić information content (AvgIpc) is 3.57. The van der Waals surface area contributed by atoms with E-state index in [1.165, 1.54) is 48.5 Å². The summed E-state index contributed by atoms with van der Waals surface area (Å²) in [6.07, 6.45) is 1.95. The molecule has 6 aromatic rings. The number of aromatic nitrogens is 4. The van der Waals surface area contributed by atoms with Gasteiger partial charge in [-0.1, -0.05) is 24.3 Å². The minimum absolute atomic E-state index is 0.238. The molecule has 6 rings (SSSR count). The number of aromatic amines is 2. The molecule has 14 nitrogen and oxygen atoms in total. The maximum atomic E-state index is 12.6. The molecule has 0 saturated carbocycles. The largest absolute Gasteiger partial charge is 0.282 e. The number of anilines is 2. The van der Waals surface area contributed by atoms with E-state index in [1.54, 1.807) is 36.4 Å². The molecule has 2 heterocycles. The van der Waals surface area contributed by atoms with Crippen molar-refractivity contribution in [2.24, 2.45) is 0 Å². The van der Waals surface area contributed by atoms with Crippen molar-refractivity contribution >= 4 is 72.9 Å². The summed E-state index contributed by atoms with van der Waals surface area (Å²) in [6.45, 7) is 3.65. The monoisotopic (exact) mass is 730 g/mol. The summed E-state index contributed by atoms with van der Waals surface area (Å²) in [5.41, 5.74) is 3.70. The zero-order valence-corrected chi connectivity index (χ0v) is 29.1. The fourth-order valence-corrected chi connectivity index (χ4v) is 10.1. The average molecular weight is 731 g/mol. The van der Waals surface area contributed by atoms with Crippen LogP contribution in [0.4, 0.5) is 11.4 Å². The molecule has 48 heavy (non-hydrogen) atoms. The van der Waals surface area contributed by atoms with Crippen LogP contribution in [0, 0.1) is 13.8 Å². The van der Waals surface area contributed by atoms with Gasteiger partial charge in [0.2, 0.25) is 0 Å². The molecular weight excluding hydrogens is 701 g/mol. The van der Waals surface area contributed by atoms with Crippen LogP contribution < -0.4 is 9.44 Å². The van der Waals surface area contributed by atoms with E-state index in [2.05, 4.69) is 29.8 Å². The van der Waals surface area contributed by atoms with Gasteiger partial charge < -0.3 is 0 Å². The van der Waals surface area contributed by atoms with Gasteiger partial charge in [0.05, 0.1) is 20.8 Å². The number of rotatable bonds is 8. The van der Waals surface area contributed by atoms with Crippen LogP contribution in [0.1, 0.15) is 11.4 Å². The Kier molecular flexibility index (Phi) is 9.13. The molecule has 0 unspecified atom stereocenters. The summed E-state index contributed by atoms with van der Waals surface area (Å²) in [5, 5.41) is 15.4. The maximum absolute atomic E-state index is 12.6. The summed E-state index contributed by atoms with van der Waals surface area (Å²) in [6, 6.07) is 20.8. The third kappa shape index (κ3) is 7.35. The fraction of sp³-hybridized carbons (Fsp3) is 0.133. The Morgan fingerprint density at radius 3 is 1.17 bits per heavy atom. The van der Waals surface area contributed by atoms with Crippen LogP contribution in [0.15, 0.2) is 105 Å². The molecule has 4 N–H and O–H groups in total. The molecule has 0 bridgehead atoms. The smallest absolute Gasteiger partial charge is 0.263 e. The van der Waals surface area contributed by atoms with Crippen LogP contribution in [0.2, 0.25) is 0 Å². The Balaban J connectivity index is 0.000000188. The van der Waals surface area contributed by atoms with Crippen molar-refractivity contribution in [3.63, 3.8) is 0 Å². The first-order valence-corrected chi connectivity index (χ1v) is 20.6. The second kappa shape index (κ2) is 12.7. The molecular formula is C30H30N6O8S4. The number of nitrogens with one attached hydrogen (secondary N) is 4. The predicted molar refractivity (Wildman–Crippen MR) is 182 cm³/mol. The zero-order valence-electron chi connectivity index (χ0n) is 25.9. The summed E-state index contributed by atoms with van der Waals surface area (Å²) in [4.78, 5) is -1.04. The standard InChI is InChI=1S/2C15H15N3O4S2/c2*1-10-12-9-11(7-8-13(12)17-16-10)18-24(21,22)15-6-4-3-5-14(15)23(2,19)20/h2*3-9,18H,1-2H3,(H,16,17). The fourth-order valence-electron chi connectivity index (χ4n) is 4.78. The molecule has 0 amide bonds. The molecule has 0 fully saturated rings. The highest BCUT2D eigenvalue weighted by atomic mass is 32.2. The van der Waals surface area contributed by atoms with E-state index in [1.807, 2.05) is 13.8 Å².